The first-order valence-electron chi connectivity index (χ1n) is 4.55. The number of benzene rings is 1. The summed E-state index contributed by atoms with van der Waals surface area (Å²) in [6, 6.07) is 13.9. The van der Waals surface area contributed by atoms with Crippen LogP contribution in [0.25, 0.3) is 11.3 Å². The van der Waals surface area contributed by atoms with Crippen molar-refractivity contribution < 1.29 is 0 Å². The fraction of sp³-hybridized carbons (Fsp3) is 0.0833. The van der Waals surface area contributed by atoms with E-state index in [2.05, 4.69) is 4.98 Å². The van der Waals surface area contributed by atoms with E-state index in [0.717, 1.165) is 16.8 Å². The van der Waals surface area contributed by atoms with Crippen LogP contribution >= 0.6 is 0 Å². The molecule has 0 saturated carbocycles. The number of nitrogens with zero attached hydrogens (tertiary/aromatic N) is 1. The van der Waals surface area contributed by atoms with Crippen LogP contribution in [0.4, 0.5) is 5.82 Å². The molecule has 1 aromatic heterocycles. The Morgan fingerprint density at radius 3 is 2.43 bits per heavy atom. The second-order valence-electron chi connectivity index (χ2n) is 3.32. The minimum Gasteiger partial charge on any atom is -0.384 e. The Morgan fingerprint density at radius 2 is 1.79 bits per heavy atom. The number of hydrogen-bond acceptors (Lipinski definition) is 2. The second-order valence-corrected chi connectivity index (χ2v) is 3.32. The van der Waals surface area contributed by atoms with Crippen molar-refractivity contribution >= 4 is 5.82 Å². The average Bonchev–Trinajstić information content (AvgIpc) is 2.18. The summed E-state index contributed by atoms with van der Waals surface area (Å²) >= 11 is 0. The van der Waals surface area contributed by atoms with Gasteiger partial charge in [0.1, 0.15) is 5.82 Å². The third-order valence-corrected chi connectivity index (χ3v) is 2.06. The molecule has 0 aliphatic heterocycles. The maximum absolute atomic E-state index is 5.69. The van der Waals surface area contributed by atoms with Gasteiger partial charge in [0.25, 0.3) is 0 Å². The Bertz CT molecular complexity index is 415. The molecule has 2 N–H and O–H groups in total. The number of hydrogen-bond donors (Lipinski definition) is 1. The first-order chi connectivity index (χ1) is 6.75. The van der Waals surface area contributed by atoms with E-state index in [9.17, 15) is 0 Å². The van der Waals surface area contributed by atoms with E-state index < -0.39 is 0 Å². The van der Waals surface area contributed by atoms with Crippen molar-refractivity contribution in [2.45, 2.75) is 6.92 Å². The molecule has 0 unspecified atom stereocenters. The van der Waals surface area contributed by atoms with Crippen LogP contribution in [0.15, 0.2) is 42.5 Å². The minimum atomic E-state index is 0.573. The van der Waals surface area contributed by atoms with Crippen molar-refractivity contribution in [1.82, 2.24) is 4.98 Å². The van der Waals surface area contributed by atoms with Gasteiger partial charge in [-0.15, -0.1) is 0 Å². The molecule has 1 aromatic carbocycles. The number of nitrogens with two attached hydrogens (primary N) is 1. The molecule has 2 heteroatoms. The topological polar surface area (TPSA) is 38.9 Å². The van der Waals surface area contributed by atoms with Gasteiger partial charge in [0, 0.05) is 5.56 Å². The maximum Gasteiger partial charge on any atom is 0.124 e. The van der Waals surface area contributed by atoms with Crippen LogP contribution in [0.5, 0.6) is 0 Å². The van der Waals surface area contributed by atoms with Crippen LogP contribution in [-0.4, -0.2) is 4.98 Å². The highest BCUT2D eigenvalue weighted by atomic mass is 14.8. The summed E-state index contributed by atoms with van der Waals surface area (Å²) in [5, 5.41) is 0. The number of aryl methyl sites for hydroxylation is 1. The lowest BCUT2D eigenvalue weighted by molar-refractivity contribution is 1.29. The van der Waals surface area contributed by atoms with E-state index in [0.29, 0.717) is 5.82 Å². The molecule has 2 nitrogen and oxygen atoms in total. The number of rotatable bonds is 1. The third kappa shape index (κ3) is 1.74. The van der Waals surface area contributed by atoms with Crippen LogP contribution in [0.1, 0.15) is 5.56 Å². The molecule has 0 amide bonds. The molecule has 14 heavy (non-hydrogen) atoms. The number of anilines is 1. The minimum absolute atomic E-state index is 0.573. The van der Waals surface area contributed by atoms with E-state index in [4.69, 9.17) is 5.73 Å². The van der Waals surface area contributed by atoms with Crippen molar-refractivity contribution in [3.8, 4) is 11.3 Å². The fourth-order valence-electron chi connectivity index (χ4n) is 1.45. The van der Waals surface area contributed by atoms with Crippen LogP contribution in [0, 0.1) is 6.92 Å². The van der Waals surface area contributed by atoms with Crippen molar-refractivity contribution in [3.63, 3.8) is 0 Å². The fourth-order valence-corrected chi connectivity index (χ4v) is 1.45. The van der Waals surface area contributed by atoms with Crippen LogP contribution in [-0.2, 0) is 0 Å². The van der Waals surface area contributed by atoms with Gasteiger partial charge in [0.05, 0.1) is 5.69 Å². The zero-order valence-electron chi connectivity index (χ0n) is 8.07. The molecule has 0 atom stereocenters. The normalized spacial score (nSPS) is 10.1. The molecule has 0 bridgehead atoms. The number of pyridine rings is 1. The predicted molar refractivity (Wildman–Crippen MR) is 58.8 cm³/mol. The molecule has 0 fully saturated rings. The van der Waals surface area contributed by atoms with Crippen molar-refractivity contribution in [1.29, 1.82) is 0 Å². The summed E-state index contributed by atoms with van der Waals surface area (Å²) in [6.45, 7) is 2.02. The van der Waals surface area contributed by atoms with Gasteiger partial charge >= 0.3 is 0 Å². The second kappa shape index (κ2) is 3.50. The van der Waals surface area contributed by atoms with Crippen LogP contribution in [0.2, 0.25) is 0 Å². The number of nitrogen functional groups attached to an aromatic ring is 1. The average molecular weight is 184 g/mol. The SMILES string of the molecule is Cc1cc(N)nc(-c2ccccc2)c1. The summed E-state index contributed by atoms with van der Waals surface area (Å²) in [7, 11) is 0. The molecule has 0 aliphatic rings. The van der Waals surface area contributed by atoms with Gasteiger partial charge < -0.3 is 5.73 Å². The zero-order chi connectivity index (χ0) is 9.97. The predicted octanol–water partition coefficient (Wildman–Crippen LogP) is 2.64. The molecule has 0 radical (unpaired) electrons. The van der Waals surface area contributed by atoms with E-state index in [1.54, 1.807) is 0 Å². The lowest BCUT2D eigenvalue weighted by Gasteiger charge is -2.03. The zero-order valence-corrected chi connectivity index (χ0v) is 8.07. The Hall–Kier alpha value is -1.83. The summed E-state index contributed by atoms with van der Waals surface area (Å²) in [6.07, 6.45) is 0. The quantitative estimate of drug-likeness (QED) is 0.740. The lowest BCUT2D eigenvalue weighted by Crippen LogP contribution is -1.93. The molecule has 0 spiro atoms. The highest BCUT2D eigenvalue weighted by Gasteiger charge is 1.99. The Morgan fingerprint density at radius 1 is 1.07 bits per heavy atom. The van der Waals surface area contributed by atoms with Gasteiger partial charge in [-0.05, 0) is 24.6 Å². The summed E-state index contributed by atoms with van der Waals surface area (Å²) in [5.74, 6) is 0.573. The Labute approximate surface area is 83.4 Å². The summed E-state index contributed by atoms with van der Waals surface area (Å²) in [4.78, 5) is 4.28. The first-order valence-corrected chi connectivity index (χ1v) is 4.55. The molecular weight excluding hydrogens is 172 g/mol. The van der Waals surface area contributed by atoms with Crippen molar-refractivity contribution in [3.05, 3.63) is 48.0 Å². The van der Waals surface area contributed by atoms with Gasteiger partial charge in [-0.2, -0.15) is 0 Å². The Kier molecular flexibility index (Phi) is 2.19. The first kappa shape index (κ1) is 8.75. The number of aromatic nitrogens is 1. The van der Waals surface area contributed by atoms with E-state index in [1.165, 1.54) is 0 Å². The van der Waals surface area contributed by atoms with Crippen molar-refractivity contribution in [2.75, 3.05) is 5.73 Å². The van der Waals surface area contributed by atoms with Gasteiger partial charge in [-0.25, -0.2) is 4.98 Å². The summed E-state index contributed by atoms with van der Waals surface area (Å²) < 4.78 is 0. The molecule has 0 saturated heterocycles. The van der Waals surface area contributed by atoms with Crippen LogP contribution in [0.3, 0.4) is 0 Å². The van der Waals surface area contributed by atoms with E-state index in [1.807, 2.05) is 49.4 Å². The molecular formula is C12H12N2. The Balaban J connectivity index is 2.52. The highest BCUT2D eigenvalue weighted by molar-refractivity contribution is 5.61. The van der Waals surface area contributed by atoms with Gasteiger partial charge in [-0.1, -0.05) is 30.3 Å². The maximum atomic E-state index is 5.69. The van der Waals surface area contributed by atoms with E-state index in [-0.39, 0.29) is 0 Å². The highest BCUT2D eigenvalue weighted by Crippen LogP contribution is 2.18. The molecule has 0 aliphatic carbocycles. The van der Waals surface area contributed by atoms with E-state index >= 15 is 0 Å². The third-order valence-electron chi connectivity index (χ3n) is 2.06. The largest absolute Gasteiger partial charge is 0.384 e. The summed E-state index contributed by atoms with van der Waals surface area (Å²) in [5.41, 5.74) is 8.85. The van der Waals surface area contributed by atoms with Crippen LogP contribution < -0.4 is 5.73 Å². The molecule has 70 valence electrons. The standard InChI is InChI=1S/C12H12N2/c1-9-7-11(14-12(13)8-9)10-5-3-2-4-6-10/h2-8H,1H3,(H2,13,14). The monoisotopic (exact) mass is 184 g/mol. The lowest BCUT2D eigenvalue weighted by atomic mass is 10.1. The smallest absolute Gasteiger partial charge is 0.124 e. The molecule has 1 heterocycles. The molecule has 2 rings (SSSR count). The van der Waals surface area contributed by atoms with Gasteiger partial charge in [-0.3, -0.25) is 0 Å². The van der Waals surface area contributed by atoms with Gasteiger partial charge in [0.15, 0.2) is 0 Å². The van der Waals surface area contributed by atoms with Gasteiger partial charge in [0.2, 0.25) is 0 Å². The molecule has 2 aromatic rings. The van der Waals surface area contributed by atoms with Crippen molar-refractivity contribution in [2.24, 2.45) is 0 Å².